The van der Waals surface area contributed by atoms with E-state index in [1.807, 2.05) is 13.8 Å². The smallest absolute Gasteiger partial charge is 0.214 e. The van der Waals surface area contributed by atoms with Crippen molar-refractivity contribution in [3.8, 4) is 0 Å². The van der Waals surface area contributed by atoms with Gasteiger partial charge in [0.15, 0.2) is 0 Å². The number of nitrogens with zero attached hydrogens (tertiary/aromatic N) is 1. The maximum Gasteiger partial charge on any atom is 0.214 e. The average molecular weight is 234 g/mol. The molecule has 1 aliphatic rings. The van der Waals surface area contributed by atoms with Crippen molar-refractivity contribution in [3.05, 3.63) is 0 Å². The fraction of sp³-hybridized carbons (Fsp3) is 1.00. The van der Waals surface area contributed by atoms with Crippen LogP contribution >= 0.6 is 0 Å². The summed E-state index contributed by atoms with van der Waals surface area (Å²) in [7, 11) is -3.02. The van der Waals surface area contributed by atoms with Crippen molar-refractivity contribution in [1.82, 2.24) is 9.62 Å². The molecule has 1 aliphatic heterocycles. The van der Waals surface area contributed by atoms with E-state index in [9.17, 15) is 8.42 Å². The Kier molecular flexibility index (Phi) is 5.02. The first-order valence-electron chi connectivity index (χ1n) is 5.78. The van der Waals surface area contributed by atoms with Crippen LogP contribution in [-0.2, 0) is 10.0 Å². The van der Waals surface area contributed by atoms with Gasteiger partial charge in [0.25, 0.3) is 0 Å². The predicted molar refractivity (Wildman–Crippen MR) is 62.3 cm³/mol. The van der Waals surface area contributed by atoms with E-state index < -0.39 is 10.0 Å². The number of hydrogen-bond acceptors (Lipinski definition) is 3. The second kappa shape index (κ2) is 5.82. The molecule has 15 heavy (non-hydrogen) atoms. The second-order valence-corrected chi connectivity index (χ2v) is 6.23. The summed E-state index contributed by atoms with van der Waals surface area (Å²) in [4.78, 5) is 0. The van der Waals surface area contributed by atoms with Crippen molar-refractivity contribution in [2.45, 2.75) is 39.2 Å². The lowest BCUT2D eigenvalue weighted by Crippen LogP contribution is -2.42. The van der Waals surface area contributed by atoms with Crippen LogP contribution in [0, 0.1) is 0 Å². The SMILES string of the molecule is CCCCS(=O)(=O)N1CCCNCC1C. The number of hydrogen-bond donors (Lipinski definition) is 1. The van der Waals surface area contributed by atoms with Crippen molar-refractivity contribution in [2.75, 3.05) is 25.4 Å². The second-order valence-electron chi connectivity index (χ2n) is 4.19. The van der Waals surface area contributed by atoms with E-state index >= 15 is 0 Å². The molecule has 0 radical (unpaired) electrons. The quantitative estimate of drug-likeness (QED) is 0.783. The van der Waals surface area contributed by atoms with Crippen molar-refractivity contribution >= 4 is 10.0 Å². The molecule has 1 unspecified atom stereocenters. The summed E-state index contributed by atoms with van der Waals surface area (Å²) in [6, 6.07) is 0.0920. The van der Waals surface area contributed by atoms with Crippen LogP contribution in [0.4, 0.5) is 0 Å². The fourth-order valence-corrected chi connectivity index (χ4v) is 3.77. The molecule has 90 valence electrons. The number of rotatable bonds is 4. The van der Waals surface area contributed by atoms with Gasteiger partial charge in [-0.2, -0.15) is 4.31 Å². The molecule has 4 nitrogen and oxygen atoms in total. The number of unbranched alkanes of at least 4 members (excludes halogenated alkanes) is 1. The lowest BCUT2D eigenvalue weighted by atomic mass is 10.3. The van der Waals surface area contributed by atoms with E-state index in [0.717, 1.165) is 32.4 Å². The minimum Gasteiger partial charge on any atom is -0.315 e. The van der Waals surface area contributed by atoms with Crippen LogP contribution in [0.15, 0.2) is 0 Å². The first-order chi connectivity index (χ1) is 7.08. The van der Waals surface area contributed by atoms with Crippen LogP contribution in [0.25, 0.3) is 0 Å². The van der Waals surface area contributed by atoms with Gasteiger partial charge in [0.2, 0.25) is 10.0 Å². The molecule has 0 aromatic heterocycles. The van der Waals surface area contributed by atoms with E-state index in [0.29, 0.717) is 12.3 Å². The fourth-order valence-electron chi connectivity index (χ4n) is 1.85. The zero-order valence-corrected chi connectivity index (χ0v) is 10.5. The molecule has 0 aliphatic carbocycles. The minimum absolute atomic E-state index is 0.0920. The van der Waals surface area contributed by atoms with Gasteiger partial charge in [0.05, 0.1) is 5.75 Å². The molecule has 0 saturated carbocycles. The molecule has 0 aromatic carbocycles. The summed E-state index contributed by atoms with van der Waals surface area (Å²) in [6.07, 6.45) is 2.61. The Labute approximate surface area is 93.1 Å². The van der Waals surface area contributed by atoms with E-state index in [1.165, 1.54) is 0 Å². The summed E-state index contributed by atoms with van der Waals surface area (Å²) < 4.78 is 25.7. The summed E-state index contributed by atoms with van der Waals surface area (Å²) in [5.74, 6) is 0.299. The van der Waals surface area contributed by atoms with Crippen LogP contribution in [-0.4, -0.2) is 44.2 Å². The Morgan fingerprint density at radius 2 is 2.20 bits per heavy atom. The van der Waals surface area contributed by atoms with Crippen LogP contribution in [0.2, 0.25) is 0 Å². The molecule has 0 spiro atoms. The standard InChI is InChI=1S/C10H22N2O2S/c1-3-4-8-15(13,14)12-7-5-6-11-9-10(12)2/h10-11H,3-9H2,1-2H3. The third-order valence-corrected chi connectivity index (χ3v) is 4.84. The van der Waals surface area contributed by atoms with Crippen molar-refractivity contribution in [2.24, 2.45) is 0 Å². The van der Waals surface area contributed by atoms with Gasteiger partial charge in [0.1, 0.15) is 0 Å². The highest BCUT2D eigenvalue weighted by molar-refractivity contribution is 7.89. The third kappa shape index (κ3) is 3.74. The molecular weight excluding hydrogens is 212 g/mol. The monoisotopic (exact) mass is 234 g/mol. The van der Waals surface area contributed by atoms with Gasteiger partial charge in [-0.15, -0.1) is 0 Å². The van der Waals surface area contributed by atoms with Crippen molar-refractivity contribution in [1.29, 1.82) is 0 Å². The Balaban J connectivity index is 2.65. The van der Waals surface area contributed by atoms with Gasteiger partial charge in [-0.1, -0.05) is 13.3 Å². The number of sulfonamides is 1. The van der Waals surface area contributed by atoms with E-state index in [4.69, 9.17) is 0 Å². The zero-order valence-electron chi connectivity index (χ0n) is 9.70. The van der Waals surface area contributed by atoms with Crippen LogP contribution in [0.3, 0.4) is 0 Å². The van der Waals surface area contributed by atoms with E-state index in [2.05, 4.69) is 5.32 Å². The molecule has 1 N–H and O–H groups in total. The zero-order chi connectivity index (χ0) is 11.3. The van der Waals surface area contributed by atoms with Crippen molar-refractivity contribution in [3.63, 3.8) is 0 Å². The molecule has 1 saturated heterocycles. The van der Waals surface area contributed by atoms with Gasteiger partial charge in [-0.25, -0.2) is 8.42 Å². The Bertz CT molecular complexity index is 277. The van der Waals surface area contributed by atoms with Gasteiger partial charge in [0, 0.05) is 19.1 Å². The average Bonchev–Trinajstić information content (AvgIpc) is 2.40. The molecule has 1 atom stereocenters. The maximum absolute atomic E-state index is 12.0. The first kappa shape index (κ1) is 12.9. The largest absolute Gasteiger partial charge is 0.315 e. The highest BCUT2D eigenvalue weighted by atomic mass is 32.2. The van der Waals surface area contributed by atoms with Gasteiger partial charge < -0.3 is 5.32 Å². The highest BCUT2D eigenvalue weighted by Gasteiger charge is 2.27. The molecule has 5 heteroatoms. The van der Waals surface area contributed by atoms with E-state index in [-0.39, 0.29) is 6.04 Å². The first-order valence-corrected chi connectivity index (χ1v) is 7.39. The molecular formula is C10H22N2O2S. The van der Waals surface area contributed by atoms with E-state index in [1.54, 1.807) is 4.31 Å². The van der Waals surface area contributed by atoms with Crippen LogP contribution in [0.1, 0.15) is 33.1 Å². The minimum atomic E-state index is -3.02. The molecule has 1 heterocycles. The Morgan fingerprint density at radius 3 is 2.87 bits per heavy atom. The lowest BCUT2D eigenvalue weighted by molar-refractivity contribution is 0.353. The molecule has 0 aromatic rings. The summed E-state index contributed by atoms with van der Waals surface area (Å²) >= 11 is 0. The van der Waals surface area contributed by atoms with Gasteiger partial charge in [-0.3, -0.25) is 0 Å². The molecule has 0 bridgehead atoms. The maximum atomic E-state index is 12.0. The van der Waals surface area contributed by atoms with Crippen LogP contribution < -0.4 is 5.32 Å². The normalized spacial score (nSPS) is 25.1. The molecule has 0 amide bonds. The summed E-state index contributed by atoms with van der Waals surface area (Å²) in [5.41, 5.74) is 0. The molecule has 1 fully saturated rings. The predicted octanol–water partition coefficient (Wildman–Crippen LogP) is 0.800. The summed E-state index contributed by atoms with van der Waals surface area (Å²) in [5, 5.41) is 3.25. The highest BCUT2D eigenvalue weighted by Crippen LogP contribution is 2.12. The Hall–Kier alpha value is -0.130. The summed E-state index contributed by atoms with van der Waals surface area (Å²) in [6.45, 7) is 6.35. The topological polar surface area (TPSA) is 49.4 Å². The third-order valence-electron chi connectivity index (χ3n) is 2.78. The van der Waals surface area contributed by atoms with Crippen LogP contribution in [0.5, 0.6) is 0 Å². The molecule has 1 rings (SSSR count). The van der Waals surface area contributed by atoms with Gasteiger partial charge >= 0.3 is 0 Å². The Morgan fingerprint density at radius 1 is 1.47 bits per heavy atom. The van der Waals surface area contributed by atoms with Gasteiger partial charge in [-0.05, 0) is 26.3 Å². The van der Waals surface area contributed by atoms with Crippen molar-refractivity contribution < 1.29 is 8.42 Å². The number of nitrogens with one attached hydrogen (secondary N) is 1. The lowest BCUT2D eigenvalue weighted by Gasteiger charge is -2.25.